The quantitative estimate of drug-likeness (QED) is 0.161. The topological polar surface area (TPSA) is 35.6 Å². The Labute approximate surface area is 359 Å². The minimum Gasteiger partial charge on any atom is -0.309 e. The van der Waals surface area contributed by atoms with Crippen molar-refractivity contribution < 1.29 is 0 Å². The van der Waals surface area contributed by atoms with Gasteiger partial charge in [-0.1, -0.05) is 176 Å². The van der Waals surface area contributed by atoms with E-state index in [-0.39, 0.29) is 0 Å². The molecule has 0 atom stereocenters. The third kappa shape index (κ3) is 6.08. The highest BCUT2D eigenvalue weighted by atomic mass is 15.2. The van der Waals surface area contributed by atoms with Crippen LogP contribution in [0.4, 0.5) is 0 Å². The maximum atomic E-state index is 5.23. The molecule has 290 valence electrons. The molecule has 0 N–H and O–H groups in total. The van der Waals surface area contributed by atoms with E-state index in [4.69, 9.17) is 9.97 Å². The van der Waals surface area contributed by atoms with Gasteiger partial charge in [0, 0.05) is 38.4 Å². The molecule has 3 heterocycles. The summed E-state index contributed by atoms with van der Waals surface area (Å²) in [6.07, 6.45) is 0. The highest BCUT2D eigenvalue weighted by molar-refractivity contribution is 6.12. The van der Waals surface area contributed by atoms with Crippen LogP contribution >= 0.6 is 0 Å². The van der Waals surface area contributed by atoms with Crippen LogP contribution in [0, 0.1) is 0 Å². The predicted octanol–water partition coefficient (Wildman–Crippen LogP) is 15.0. The molecule has 0 unspecified atom stereocenters. The fourth-order valence-corrected chi connectivity index (χ4v) is 9.16. The Morgan fingerprint density at radius 2 is 0.629 bits per heavy atom. The summed E-state index contributed by atoms with van der Waals surface area (Å²) in [6, 6.07) is 82.2. The van der Waals surface area contributed by atoms with Gasteiger partial charge in [0.1, 0.15) is 0 Å². The average Bonchev–Trinajstić information content (AvgIpc) is 3.87. The minimum atomic E-state index is 0.645. The Kier molecular flexibility index (Phi) is 8.46. The normalized spacial score (nSPS) is 11.5. The van der Waals surface area contributed by atoms with Crippen LogP contribution in [0.5, 0.6) is 0 Å². The molecular weight excluding hydrogens is 753 g/mol. The molecule has 0 fully saturated rings. The number of rotatable bonds is 7. The lowest BCUT2D eigenvalue weighted by Crippen LogP contribution is -2.03. The zero-order valence-electron chi connectivity index (χ0n) is 33.7. The summed E-state index contributed by atoms with van der Waals surface area (Å²) in [7, 11) is 0. The maximum absolute atomic E-state index is 5.23. The molecule has 4 heteroatoms. The molecule has 0 amide bonds. The van der Waals surface area contributed by atoms with E-state index in [9.17, 15) is 0 Å². The van der Waals surface area contributed by atoms with E-state index in [1.54, 1.807) is 0 Å². The fourth-order valence-electron chi connectivity index (χ4n) is 9.16. The number of hydrogen-bond acceptors (Lipinski definition) is 2. The van der Waals surface area contributed by atoms with Crippen molar-refractivity contribution in [2.45, 2.75) is 0 Å². The molecular formula is C58H38N4. The van der Waals surface area contributed by atoms with E-state index >= 15 is 0 Å². The smallest absolute Gasteiger partial charge is 0.235 e. The van der Waals surface area contributed by atoms with Gasteiger partial charge in [0.05, 0.1) is 33.5 Å². The summed E-state index contributed by atoms with van der Waals surface area (Å²) >= 11 is 0. The van der Waals surface area contributed by atoms with Gasteiger partial charge < -0.3 is 4.57 Å². The lowest BCUT2D eigenvalue weighted by molar-refractivity contribution is 0.995. The van der Waals surface area contributed by atoms with Gasteiger partial charge in [-0.05, 0) is 88.0 Å². The Bertz CT molecular complexity index is 3550. The molecule has 9 aromatic carbocycles. The molecule has 62 heavy (non-hydrogen) atoms. The minimum absolute atomic E-state index is 0.645. The number of fused-ring (bicyclic) bond motifs is 6. The molecule has 12 rings (SSSR count). The fraction of sp³-hybridized carbons (Fsp3) is 0. The van der Waals surface area contributed by atoms with Gasteiger partial charge in [-0.25, -0.2) is 9.97 Å². The second kappa shape index (κ2) is 14.7. The maximum Gasteiger partial charge on any atom is 0.235 e. The zero-order chi connectivity index (χ0) is 41.0. The van der Waals surface area contributed by atoms with E-state index in [1.807, 2.05) is 12.1 Å². The Balaban J connectivity index is 0.968. The molecule has 0 aliphatic rings. The molecule has 0 saturated heterocycles. The van der Waals surface area contributed by atoms with Gasteiger partial charge in [0.25, 0.3) is 0 Å². The number of aromatic nitrogens is 4. The summed E-state index contributed by atoms with van der Waals surface area (Å²) in [5.74, 6) is 0.645. The van der Waals surface area contributed by atoms with Crippen LogP contribution in [-0.2, 0) is 0 Å². The second-order valence-corrected chi connectivity index (χ2v) is 15.8. The van der Waals surface area contributed by atoms with Gasteiger partial charge in [-0.15, -0.1) is 0 Å². The van der Waals surface area contributed by atoms with Gasteiger partial charge in [-0.3, -0.25) is 4.57 Å². The van der Waals surface area contributed by atoms with Crippen molar-refractivity contribution in [1.82, 2.24) is 19.1 Å². The van der Waals surface area contributed by atoms with E-state index in [0.717, 1.165) is 55.6 Å². The van der Waals surface area contributed by atoms with Crippen molar-refractivity contribution in [3.05, 3.63) is 231 Å². The Hall–Kier alpha value is -8.34. The molecule has 0 aliphatic heterocycles. The molecule has 0 bridgehead atoms. The second-order valence-electron chi connectivity index (χ2n) is 15.8. The lowest BCUT2D eigenvalue weighted by atomic mass is 10.00. The van der Waals surface area contributed by atoms with Crippen LogP contribution in [-0.4, -0.2) is 19.1 Å². The summed E-state index contributed by atoms with van der Waals surface area (Å²) < 4.78 is 4.62. The standard InChI is InChI=1S/C58H38N4/c1-4-15-39(16-5-1)40-27-29-41(30-28-40)44-21-14-22-47(35-44)61-54-25-12-10-23-48(54)50-36-45(31-33-56(50)61)46-32-34-57-51(37-46)49-24-11-13-26-55(49)62(57)58-59-52(42-17-6-2-7-18-42)38-53(60-58)43-19-8-3-9-20-43/h1-38H. The third-order valence-corrected chi connectivity index (χ3v) is 12.2. The highest BCUT2D eigenvalue weighted by Gasteiger charge is 2.19. The van der Waals surface area contributed by atoms with Crippen molar-refractivity contribution in [1.29, 1.82) is 0 Å². The van der Waals surface area contributed by atoms with Crippen molar-refractivity contribution in [3.63, 3.8) is 0 Å². The molecule has 4 nitrogen and oxygen atoms in total. The summed E-state index contributed by atoms with van der Waals surface area (Å²) in [4.78, 5) is 10.5. The summed E-state index contributed by atoms with van der Waals surface area (Å²) in [5, 5.41) is 4.76. The lowest BCUT2D eigenvalue weighted by Gasteiger charge is -2.12. The van der Waals surface area contributed by atoms with Gasteiger partial charge in [0.15, 0.2) is 0 Å². The monoisotopic (exact) mass is 790 g/mol. The van der Waals surface area contributed by atoms with Crippen LogP contribution in [0.25, 0.3) is 111 Å². The highest BCUT2D eigenvalue weighted by Crippen LogP contribution is 2.39. The predicted molar refractivity (Wildman–Crippen MR) is 258 cm³/mol. The molecule has 0 saturated carbocycles. The van der Waals surface area contributed by atoms with Gasteiger partial charge in [0.2, 0.25) is 5.95 Å². The van der Waals surface area contributed by atoms with E-state index in [2.05, 4.69) is 228 Å². The first-order valence-corrected chi connectivity index (χ1v) is 21.1. The first-order chi connectivity index (χ1) is 30.7. The zero-order valence-corrected chi connectivity index (χ0v) is 33.7. The molecule has 12 aromatic rings. The number of para-hydroxylation sites is 2. The van der Waals surface area contributed by atoms with E-state index in [0.29, 0.717) is 5.95 Å². The molecule has 0 spiro atoms. The summed E-state index contributed by atoms with van der Waals surface area (Å²) in [6.45, 7) is 0. The third-order valence-electron chi connectivity index (χ3n) is 12.2. The number of hydrogen-bond donors (Lipinski definition) is 0. The molecule has 0 radical (unpaired) electrons. The van der Waals surface area contributed by atoms with Crippen LogP contribution in [0.15, 0.2) is 231 Å². The Morgan fingerprint density at radius 1 is 0.242 bits per heavy atom. The van der Waals surface area contributed by atoms with Gasteiger partial charge in [-0.2, -0.15) is 0 Å². The van der Waals surface area contributed by atoms with Crippen molar-refractivity contribution in [3.8, 4) is 67.5 Å². The van der Waals surface area contributed by atoms with E-state index in [1.165, 1.54) is 49.6 Å². The summed E-state index contributed by atoms with van der Waals surface area (Å²) in [5.41, 5.74) is 16.6. The molecule has 3 aromatic heterocycles. The SMILES string of the molecule is c1ccc(-c2ccc(-c3cccc(-n4c5ccccc5c5cc(-c6ccc7c(c6)c6ccccc6n7-c6nc(-c7ccccc7)cc(-c7ccccc7)n6)ccc54)c3)cc2)cc1. The van der Waals surface area contributed by atoms with Crippen molar-refractivity contribution >= 4 is 43.6 Å². The van der Waals surface area contributed by atoms with Crippen LogP contribution < -0.4 is 0 Å². The first kappa shape index (κ1) is 35.6. The largest absolute Gasteiger partial charge is 0.309 e. The first-order valence-electron chi connectivity index (χ1n) is 21.1. The van der Waals surface area contributed by atoms with Crippen LogP contribution in [0.2, 0.25) is 0 Å². The van der Waals surface area contributed by atoms with Crippen LogP contribution in [0.3, 0.4) is 0 Å². The van der Waals surface area contributed by atoms with Gasteiger partial charge >= 0.3 is 0 Å². The van der Waals surface area contributed by atoms with E-state index < -0.39 is 0 Å². The van der Waals surface area contributed by atoms with Crippen molar-refractivity contribution in [2.75, 3.05) is 0 Å². The van der Waals surface area contributed by atoms with Crippen LogP contribution in [0.1, 0.15) is 0 Å². The Morgan fingerprint density at radius 3 is 1.19 bits per heavy atom. The molecule has 0 aliphatic carbocycles. The number of benzene rings is 9. The number of nitrogens with zero attached hydrogens (tertiary/aromatic N) is 4. The van der Waals surface area contributed by atoms with Crippen molar-refractivity contribution in [2.24, 2.45) is 0 Å². The average molecular weight is 791 g/mol.